The van der Waals surface area contributed by atoms with Crippen molar-refractivity contribution in [1.29, 1.82) is 0 Å². The monoisotopic (exact) mass is 308 g/mol. The molecule has 2 aliphatic heterocycles. The third-order valence-electron chi connectivity index (χ3n) is 3.72. The van der Waals surface area contributed by atoms with Crippen molar-refractivity contribution in [1.82, 2.24) is 4.90 Å². The molecule has 0 aromatic carbocycles. The number of carbonyl (C=O) groups excluding carboxylic acids is 1. The average molecular weight is 308 g/mol. The fourth-order valence-electron chi connectivity index (χ4n) is 3.15. The van der Waals surface area contributed by atoms with Crippen LogP contribution in [-0.2, 0) is 23.4 Å². The first kappa shape index (κ1) is 15.9. The molecule has 2 aliphatic rings. The van der Waals surface area contributed by atoms with Gasteiger partial charge in [-0.2, -0.15) is 0 Å². The number of nitrogens with zero attached hydrogens (tertiary/aromatic N) is 1. The Morgan fingerprint density at radius 2 is 2.30 bits per heavy atom. The molecule has 0 spiro atoms. The fraction of sp³-hybridized carbons (Fsp3) is 0.909. The number of fused-ring (bicyclic) bond motifs is 2. The van der Waals surface area contributed by atoms with Crippen molar-refractivity contribution in [3.05, 3.63) is 0 Å². The Morgan fingerprint density at radius 3 is 2.80 bits per heavy atom. The Labute approximate surface area is 117 Å². The molecule has 8 nitrogen and oxygen atoms in total. The zero-order valence-corrected chi connectivity index (χ0v) is 12.7. The Morgan fingerprint density at radius 1 is 1.65 bits per heavy atom. The normalized spacial score (nSPS) is 39.0. The summed E-state index contributed by atoms with van der Waals surface area (Å²) in [6.45, 7) is 3.21. The summed E-state index contributed by atoms with van der Waals surface area (Å²) in [6, 6.07) is -0.429. The SMILES string of the molecule is COC[C@]12CN(C(=O)CN)[C@@H](C1OP(C)(=O)O)[C@H](C)O2. The number of morpholine rings is 1. The van der Waals surface area contributed by atoms with E-state index in [1.54, 1.807) is 11.8 Å². The second-order valence-electron chi connectivity index (χ2n) is 5.37. The summed E-state index contributed by atoms with van der Waals surface area (Å²) in [6.07, 6.45) is -1.01. The van der Waals surface area contributed by atoms with E-state index in [0.717, 1.165) is 6.66 Å². The van der Waals surface area contributed by atoms with Crippen molar-refractivity contribution in [2.24, 2.45) is 5.73 Å². The number of carbonyl (C=O) groups is 1. The van der Waals surface area contributed by atoms with Crippen molar-refractivity contribution in [3.63, 3.8) is 0 Å². The first-order valence-electron chi connectivity index (χ1n) is 6.39. The molecular formula is C11H21N2O6P. The number of methoxy groups -OCH3 is 1. The second kappa shape index (κ2) is 5.36. The number of hydrogen-bond acceptors (Lipinski definition) is 6. The highest BCUT2D eigenvalue weighted by atomic mass is 31.2. The fourth-order valence-corrected chi connectivity index (χ4v) is 3.89. The van der Waals surface area contributed by atoms with Gasteiger partial charge in [-0.25, -0.2) is 0 Å². The number of nitrogens with two attached hydrogens (primary N) is 1. The number of ether oxygens (including phenoxy) is 2. The van der Waals surface area contributed by atoms with Crippen LogP contribution >= 0.6 is 7.60 Å². The van der Waals surface area contributed by atoms with Crippen LogP contribution in [0.25, 0.3) is 0 Å². The highest BCUT2D eigenvalue weighted by Gasteiger charge is 2.65. The van der Waals surface area contributed by atoms with Gasteiger partial charge in [0.15, 0.2) is 0 Å². The predicted molar refractivity (Wildman–Crippen MR) is 70.3 cm³/mol. The molecule has 20 heavy (non-hydrogen) atoms. The molecule has 3 N–H and O–H groups in total. The van der Waals surface area contributed by atoms with Gasteiger partial charge in [0.2, 0.25) is 5.91 Å². The van der Waals surface area contributed by atoms with E-state index in [-0.39, 0.29) is 31.7 Å². The summed E-state index contributed by atoms with van der Waals surface area (Å²) >= 11 is 0. The summed E-state index contributed by atoms with van der Waals surface area (Å²) in [5, 5.41) is 0. The van der Waals surface area contributed by atoms with Crippen LogP contribution in [0.5, 0.6) is 0 Å². The van der Waals surface area contributed by atoms with Crippen LogP contribution in [-0.4, -0.2) is 73.0 Å². The molecule has 2 heterocycles. The summed E-state index contributed by atoms with van der Waals surface area (Å²) in [4.78, 5) is 23.0. The molecule has 116 valence electrons. The van der Waals surface area contributed by atoms with Crippen molar-refractivity contribution < 1.29 is 28.3 Å². The van der Waals surface area contributed by atoms with E-state index >= 15 is 0 Å². The van der Waals surface area contributed by atoms with Gasteiger partial charge in [0.25, 0.3) is 0 Å². The molecule has 0 aromatic rings. The maximum atomic E-state index is 11.9. The molecule has 2 bridgehead atoms. The van der Waals surface area contributed by atoms with Gasteiger partial charge in [-0.15, -0.1) is 0 Å². The number of likely N-dealkylation sites (tertiary alicyclic amines) is 1. The van der Waals surface area contributed by atoms with Crippen molar-refractivity contribution in [2.45, 2.75) is 30.8 Å². The van der Waals surface area contributed by atoms with Gasteiger partial charge in [0, 0.05) is 13.8 Å². The Bertz CT molecular complexity index is 441. The molecule has 2 fully saturated rings. The Kier molecular flexibility index (Phi) is 4.26. The van der Waals surface area contributed by atoms with Gasteiger partial charge in [-0.3, -0.25) is 9.36 Å². The molecule has 2 saturated heterocycles. The lowest BCUT2D eigenvalue weighted by Crippen LogP contribution is -2.52. The largest absolute Gasteiger partial charge is 0.382 e. The highest BCUT2D eigenvalue weighted by Crippen LogP contribution is 2.50. The smallest absolute Gasteiger partial charge is 0.325 e. The van der Waals surface area contributed by atoms with E-state index in [1.807, 2.05) is 0 Å². The molecule has 2 rings (SSSR count). The molecule has 0 saturated carbocycles. The third-order valence-corrected chi connectivity index (χ3v) is 4.34. The number of rotatable bonds is 5. The summed E-state index contributed by atoms with van der Waals surface area (Å²) in [5.41, 5.74) is 4.49. The molecule has 9 heteroatoms. The van der Waals surface area contributed by atoms with Crippen LogP contribution in [0.2, 0.25) is 0 Å². The van der Waals surface area contributed by atoms with Crippen molar-refractivity contribution in [3.8, 4) is 0 Å². The maximum Gasteiger partial charge on any atom is 0.325 e. The molecule has 1 amide bonds. The van der Waals surface area contributed by atoms with Crippen molar-refractivity contribution in [2.75, 3.05) is 33.5 Å². The van der Waals surface area contributed by atoms with Crippen LogP contribution in [0.3, 0.4) is 0 Å². The Balaban J connectivity index is 2.33. The topological polar surface area (TPSA) is 111 Å². The van der Waals surface area contributed by atoms with Gasteiger partial charge in [0.05, 0.1) is 31.8 Å². The minimum atomic E-state index is -3.71. The number of hydrogen-bond donors (Lipinski definition) is 2. The standard InChI is InChI=1S/C11H21N2O6P/c1-7-9-10(19-20(3,15)16)11(18-7,6-17-2)5-13(9)8(14)4-12/h7,9-10H,4-6,12H2,1-3H3,(H,15,16)/t7-,9+,10?,11+/m0/s1. The lowest BCUT2D eigenvalue weighted by atomic mass is 10.00. The minimum absolute atomic E-state index is 0.123. The summed E-state index contributed by atoms with van der Waals surface area (Å²) in [5.74, 6) is -0.236. The first-order chi connectivity index (χ1) is 9.24. The third kappa shape index (κ3) is 2.64. The maximum absolute atomic E-state index is 11.9. The van der Waals surface area contributed by atoms with E-state index in [9.17, 15) is 14.3 Å². The van der Waals surface area contributed by atoms with Crippen LogP contribution in [0.15, 0.2) is 0 Å². The molecule has 5 atom stereocenters. The van der Waals surface area contributed by atoms with E-state index < -0.39 is 25.3 Å². The number of amides is 1. The molecular weight excluding hydrogens is 287 g/mol. The quantitative estimate of drug-likeness (QED) is 0.637. The zero-order chi connectivity index (χ0) is 15.1. The molecule has 2 unspecified atom stereocenters. The first-order valence-corrected chi connectivity index (χ1v) is 8.41. The van der Waals surface area contributed by atoms with E-state index in [1.165, 1.54) is 7.11 Å². The average Bonchev–Trinajstić information content (AvgIpc) is 2.74. The van der Waals surface area contributed by atoms with Gasteiger partial charge in [-0.1, -0.05) is 0 Å². The van der Waals surface area contributed by atoms with Gasteiger partial charge in [-0.05, 0) is 6.92 Å². The molecule has 0 radical (unpaired) electrons. The van der Waals surface area contributed by atoms with E-state index in [4.69, 9.17) is 19.7 Å². The molecule has 0 aromatic heterocycles. The van der Waals surface area contributed by atoms with Crippen LogP contribution in [0.1, 0.15) is 6.92 Å². The van der Waals surface area contributed by atoms with Gasteiger partial charge >= 0.3 is 7.60 Å². The van der Waals surface area contributed by atoms with E-state index in [0.29, 0.717) is 0 Å². The van der Waals surface area contributed by atoms with E-state index in [2.05, 4.69) is 0 Å². The predicted octanol–water partition coefficient (Wildman–Crippen LogP) is -0.840. The van der Waals surface area contributed by atoms with Crippen LogP contribution in [0, 0.1) is 0 Å². The lowest BCUT2D eigenvalue weighted by Gasteiger charge is -2.35. The van der Waals surface area contributed by atoms with Crippen LogP contribution < -0.4 is 5.73 Å². The summed E-state index contributed by atoms with van der Waals surface area (Å²) in [7, 11) is -2.21. The molecule has 0 aliphatic carbocycles. The highest BCUT2D eigenvalue weighted by molar-refractivity contribution is 7.51. The minimum Gasteiger partial charge on any atom is -0.382 e. The van der Waals surface area contributed by atoms with Gasteiger partial charge in [0.1, 0.15) is 11.7 Å². The van der Waals surface area contributed by atoms with Gasteiger partial charge < -0.3 is 29.5 Å². The second-order valence-corrected chi connectivity index (χ2v) is 7.18. The van der Waals surface area contributed by atoms with Crippen molar-refractivity contribution >= 4 is 13.5 Å². The summed E-state index contributed by atoms with van der Waals surface area (Å²) < 4.78 is 27.9. The Hall–Kier alpha value is -0.500. The lowest BCUT2D eigenvalue weighted by molar-refractivity contribution is -0.151. The van der Waals surface area contributed by atoms with Crippen LogP contribution in [0.4, 0.5) is 0 Å². The zero-order valence-electron chi connectivity index (χ0n) is 11.8.